The van der Waals surface area contributed by atoms with Gasteiger partial charge in [-0.3, -0.25) is 60.1 Å². The molecule has 0 spiro atoms. The Morgan fingerprint density at radius 1 is 0.214 bits per heavy atom. The van der Waals surface area contributed by atoms with E-state index in [9.17, 15) is 38.4 Å². The summed E-state index contributed by atoms with van der Waals surface area (Å²) >= 11 is 0. The Labute approximate surface area is 488 Å². The van der Waals surface area contributed by atoms with E-state index >= 15 is 0 Å². The lowest BCUT2D eigenvalue weighted by Crippen LogP contribution is -1.95. The first-order chi connectivity index (χ1) is 40.2. The molecule has 8 rings (SSSR count). The summed E-state index contributed by atoms with van der Waals surface area (Å²) in [5, 5.41) is 16.5. The van der Waals surface area contributed by atoms with Crippen LogP contribution in [0.4, 0.5) is 22.7 Å². The summed E-state index contributed by atoms with van der Waals surface area (Å²) < 4.78 is 0. The fourth-order valence-electron chi connectivity index (χ4n) is 7.06. The molecule has 8 aromatic carbocycles. The molecule has 0 heterocycles. The zero-order valence-corrected chi connectivity index (χ0v) is 47.8. The van der Waals surface area contributed by atoms with Crippen LogP contribution in [0.3, 0.4) is 0 Å². The summed E-state index contributed by atoms with van der Waals surface area (Å²) in [5.74, 6) is 0.325. The van der Waals surface area contributed by atoms with E-state index in [1.54, 1.807) is 170 Å². The number of anilines is 4. The lowest BCUT2D eigenvalue weighted by molar-refractivity contribution is 0.100. The van der Waals surface area contributed by atoms with Crippen LogP contribution < -0.4 is 21.7 Å². The molecule has 0 aliphatic heterocycles. The van der Waals surface area contributed by atoms with Crippen LogP contribution in [-0.4, -0.2) is 71.1 Å². The predicted molar refractivity (Wildman–Crippen MR) is 336 cm³/mol. The van der Waals surface area contributed by atoms with Gasteiger partial charge in [0.15, 0.2) is 46.3 Å². The number of nitrogens with zero attached hydrogens (tertiary/aromatic N) is 4. The van der Waals surface area contributed by atoms with E-state index in [0.717, 1.165) is 45.0 Å². The zero-order chi connectivity index (χ0) is 61.0. The van der Waals surface area contributed by atoms with Crippen LogP contribution in [0.1, 0.15) is 161 Å². The van der Waals surface area contributed by atoms with Gasteiger partial charge < -0.3 is 0 Å². The van der Waals surface area contributed by atoms with E-state index < -0.39 is 0 Å². The highest BCUT2D eigenvalue weighted by atomic mass is 16.1. The van der Waals surface area contributed by atoms with Gasteiger partial charge in [0.05, 0.1) is 47.6 Å². The molecule has 0 atom stereocenters. The summed E-state index contributed by atoms with van der Waals surface area (Å²) in [6, 6.07) is 57.2. The first-order valence-electron chi connectivity index (χ1n) is 26.3. The van der Waals surface area contributed by atoms with E-state index in [0.29, 0.717) is 44.5 Å². The first-order valence-corrected chi connectivity index (χ1v) is 26.3. The maximum Gasteiger partial charge on any atom is 0.159 e. The molecule has 0 amide bonds. The standard InChI is InChI=1S/4C17H16N2O2/c4*1-12(20)15-5-3-14(4-6-15)11-18-19-17-9-7-16(8-10-17)13(2)21/h4*3-11,19H,1-2H3/b4*18-11+. The van der Waals surface area contributed by atoms with Crippen molar-refractivity contribution in [2.45, 2.75) is 55.4 Å². The van der Waals surface area contributed by atoms with E-state index in [1.165, 1.54) is 55.4 Å². The average Bonchev–Trinajstić information content (AvgIpc) is 3.52. The van der Waals surface area contributed by atoms with Gasteiger partial charge in [-0.2, -0.15) is 20.4 Å². The van der Waals surface area contributed by atoms with Crippen LogP contribution >= 0.6 is 0 Å². The van der Waals surface area contributed by atoms with Gasteiger partial charge in [-0.1, -0.05) is 97.1 Å². The summed E-state index contributed by atoms with van der Waals surface area (Å²) in [6.45, 7) is 12.3. The number of rotatable bonds is 20. The Morgan fingerprint density at radius 2 is 0.333 bits per heavy atom. The van der Waals surface area contributed by atoms with Gasteiger partial charge in [0, 0.05) is 44.5 Å². The minimum atomic E-state index is 0.0376. The Morgan fingerprint density at radius 3 is 0.452 bits per heavy atom. The van der Waals surface area contributed by atoms with Crippen molar-refractivity contribution in [3.63, 3.8) is 0 Å². The molecule has 0 saturated heterocycles. The lowest BCUT2D eigenvalue weighted by atomic mass is 10.1. The predicted octanol–water partition coefficient (Wildman–Crippen LogP) is 14.2. The molecular weight excluding hydrogens is 1060 g/mol. The number of nitrogens with one attached hydrogen (secondary N) is 4. The van der Waals surface area contributed by atoms with Gasteiger partial charge in [-0.05, 0) is 175 Å². The molecule has 0 fully saturated rings. The molecule has 0 unspecified atom stereocenters. The molecule has 16 nitrogen and oxygen atoms in total. The van der Waals surface area contributed by atoms with Crippen molar-refractivity contribution < 1.29 is 38.4 Å². The molecular formula is C68H64N8O8. The van der Waals surface area contributed by atoms with E-state index in [4.69, 9.17) is 0 Å². The van der Waals surface area contributed by atoms with Crippen molar-refractivity contribution in [1.82, 2.24) is 0 Å². The molecule has 424 valence electrons. The third kappa shape index (κ3) is 22.3. The van der Waals surface area contributed by atoms with E-state index in [-0.39, 0.29) is 46.3 Å². The number of carbonyl (C=O) groups is 8. The van der Waals surface area contributed by atoms with Crippen LogP contribution in [0.15, 0.2) is 215 Å². The fourth-order valence-corrected chi connectivity index (χ4v) is 7.06. The molecule has 84 heavy (non-hydrogen) atoms. The van der Waals surface area contributed by atoms with Crippen LogP contribution in [-0.2, 0) is 0 Å². The molecule has 0 aromatic heterocycles. The Balaban J connectivity index is 0.000000205. The number of hydrogen-bond donors (Lipinski definition) is 4. The highest BCUT2D eigenvalue weighted by Crippen LogP contribution is 2.15. The van der Waals surface area contributed by atoms with E-state index in [2.05, 4.69) is 42.1 Å². The summed E-state index contributed by atoms with van der Waals surface area (Å²) in [4.78, 5) is 89.3. The van der Waals surface area contributed by atoms with Crippen LogP contribution in [0.25, 0.3) is 0 Å². The highest BCUT2D eigenvalue weighted by molar-refractivity contribution is 5.99. The number of Topliss-reactive ketones (excluding diaryl/α,β-unsaturated/α-hetero) is 8. The zero-order valence-electron chi connectivity index (χ0n) is 47.8. The third-order valence-corrected chi connectivity index (χ3v) is 12.1. The van der Waals surface area contributed by atoms with Gasteiger partial charge in [-0.25, -0.2) is 0 Å². The highest BCUT2D eigenvalue weighted by Gasteiger charge is 2.04. The van der Waals surface area contributed by atoms with E-state index in [1.807, 2.05) is 48.5 Å². The van der Waals surface area contributed by atoms with Gasteiger partial charge in [0.25, 0.3) is 0 Å². The topological polar surface area (TPSA) is 234 Å². The number of hydrogen-bond acceptors (Lipinski definition) is 16. The second-order valence-corrected chi connectivity index (χ2v) is 18.7. The molecule has 4 N–H and O–H groups in total. The van der Waals surface area contributed by atoms with Crippen molar-refractivity contribution in [2.24, 2.45) is 20.4 Å². The normalized spacial score (nSPS) is 10.6. The average molecular weight is 1120 g/mol. The second-order valence-electron chi connectivity index (χ2n) is 18.7. The molecule has 0 bridgehead atoms. The van der Waals surface area contributed by atoms with Crippen molar-refractivity contribution in [3.8, 4) is 0 Å². The fraction of sp³-hybridized carbons (Fsp3) is 0.118. The summed E-state index contributed by atoms with van der Waals surface area (Å²) in [6.07, 6.45) is 6.68. The summed E-state index contributed by atoms with van der Waals surface area (Å²) in [7, 11) is 0. The number of ketones is 8. The Kier molecular flexibility index (Phi) is 25.0. The number of benzene rings is 8. The van der Waals surface area contributed by atoms with Crippen LogP contribution in [0, 0.1) is 0 Å². The Hall–Kier alpha value is -11.0. The molecule has 0 radical (unpaired) electrons. The van der Waals surface area contributed by atoms with Gasteiger partial charge in [0.2, 0.25) is 0 Å². The van der Waals surface area contributed by atoms with Crippen molar-refractivity contribution in [2.75, 3.05) is 21.7 Å². The lowest BCUT2D eigenvalue weighted by Gasteiger charge is -2.01. The van der Waals surface area contributed by atoms with Crippen molar-refractivity contribution >= 4 is 93.9 Å². The van der Waals surface area contributed by atoms with Gasteiger partial charge in [-0.15, -0.1) is 0 Å². The van der Waals surface area contributed by atoms with Crippen LogP contribution in [0.5, 0.6) is 0 Å². The maximum atomic E-state index is 11.2. The molecule has 16 heteroatoms. The molecule has 8 aromatic rings. The SMILES string of the molecule is CC(=O)c1ccc(/C=N/Nc2ccc(C(C)=O)cc2)cc1.CC(=O)c1ccc(/C=N/Nc2ccc(C(C)=O)cc2)cc1.CC(=O)c1ccc(/C=N/Nc2ccc(C(C)=O)cc2)cc1.CC(=O)c1ccc(/C=N/Nc2ccc(C(C)=O)cc2)cc1. The van der Waals surface area contributed by atoms with Crippen LogP contribution in [0.2, 0.25) is 0 Å². The molecule has 0 aliphatic rings. The quantitative estimate of drug-likeness (QED) is 0.0317. The second kappa shape index (κ2) is 32.9. The minimum Gasteiger partial charge on any atom is -0.295 e. The number of carbonyl (C=O) groups excluding carboxylic acids is 8. The first kappa shape index (κ1) is 63.8. The maximum absolute atomic E-state index is 11.2. The number of hydrazone groups is 4. The molecule has 0 aliphatic carbocycles. The Bertz CT molecular complexity index is 3180. The smallest absolute Gasteiger partial charge is 0.159 e. The van der Waals surface area contributed by atoms with Crippen molar-refractivity contribution in [3.05, 3.63) is 261 Å². The monoisotopic (exact) mass is 1120 g/mol. The summed E-state index contributed by atoms with van der Waals surface area (Å²) in [5.41, 5.74) is 23.8. The largest absolute Gasteiger partial charge is 0.295 e. The third-order valence-electron chi connectivity index (χ3n) is 12.1. The molecule has 0 saturated carbocycles. The van der Waals surface area contributed by atoms with Crippen molar-refractivity contribution in [1.29, 1.82) is 0 Å². The minimum absolute atomic E-state index is 0.0376. The van der Waals surface area contributed by atoms with Gasteiger partial charge in [0.1, 0.15) is 0 Å². The van der Waals surface area contributed by atoms with Gasteiger partial charge >= 0.3 is 0 Å².